The van der Waals surface area contributed by atoms with Crippen molar-refractivity contribution >= 4 is 33.8 Å². The largest absolute Gasteiger partial charge is 0.611 e. The number of nitrogens with one attached hydrogen (secondary N) is 1. The highest BCUT2D eigenvalue weighted by molar-refractivity contribution is 7.90. The van der Waals surface area contributed by atoms with E-state index < -0.39 is 22.0 Å². The van der Waals surface area contributed by atoms with Crippen LogP contribution in [0.5, 0.6) is 0 Å². The summed E-state index contributed by atoms with van der Waals surface area (Å²) in [5.74, 6) is -0.0597. The summed E-state index contributed by atoms with van der Waals surface area (Å²) in [5.41, 5.74) is 6.59. The number of nitro groups is 1. The van der Waals surface area contributed by atoms with Gasteiger partial charge >= 0.3 is 0 Å². The average Bonchev–Trinajstić information content (AvgIpc) is 2.96. The van der Waals surface area contributed by atoms with Gasteiger partial charge in [-0.1, -0.05) is 6.07 Å². The Bertz CT molecular complexity index is 923. The molecule has 0 bridgehead atoms. The molecule has 0 fully saturated rings. The second-order valence-electron chi connectivity index (χ2n) is 4.99. The van der Waals surface area contributed by atoms with Gasteiger partial charge in [0, 0.05) is 24.3 Å². The fourth-order valence-electron chi connectivity index (χ4n) is 2.28. The number of aromatic amines is 1. The highest BCUT2D eigenvalue weighted by Gasteiger charge is 2.18. The van der Waals surface area contributed by atoms with Crippen molar-refractivity contribution in [3.63, 3.8) is 0 Å². The molecule has 0 aliphatic carbocycles. The van der Waals surface area contributed by atoms with E-state index in [1.807, 2.05) is 0 Å². The maximum atomic E-state index is 12.4. The molecule has 1 heterocycles. The molecule has 122 valence electrons. The van der Waals surface area contributed by atoms with Crippen molar-refractivity contribution in [2.75, 3.05) is 0 Å². The number of benzene rings is 2. The molecule has 0 aliphatic rings. The molecule has 3 aromatic rings. The van der Waals surface area contributed by atoms with E-state index in [1.165, 1.54) is 24.3 Å². The van der Waals surface area contributed by atoms with Gasteiger partial charge in [0.1, 0.15) is 5.52 Å². The molecule has 3 N–H and O–H groups in total. The van der Waals surface area contributed by atoms with Crippen LogP contribution in [0, 0.1) is 10.1 Å². The van der Waals surface area contributed by atoms with E-state index in [2.05, 4.69) is 9.97 Å². The first kappa shape index (κ1) is 16.0. The second kappa shape index (κ2) is 6.30. The van der Waals surface area contributed by atoms with Gasteiger partial charge in [0.25, 0.3) is 11.6 Å². The fourth-order valence-corrected chi connectivity index (χ4v) is 3.27. The second-order valence-corrected chi connectivity index (χ2v) is 6.44. The summed E-state index contributed by atoms with van der Waals surface area (Å²) in [4.78, 5) is 29.3. The molecule has 24 heavy (non-hydrogen) atoms. The number of H-pyrrole nitrogens is 1. The van der Waals surface area contributed by atoms with Gasteiger partial charge in [-0.05, 0) is 23.3 Å². The number of rotatable bonds is 5. The molecule has 9 heteroatoms. The molecular weight excluding hydrogens is 332 g/mol. The molecule has 0 aliphatic heterocycles. The third kappa shape index (κ3) is 3.07. The van der Waals surface area contributed by atoms with Gasteiger partial charge in [0.05, 0.1) is 16.0 Å². The Morgan fingerprint density at radius 3 is 2.58 bits per heavy atom. The molecule has 1 unspecified atom stereocenters. The molecule has 0 spiro atoms. The smallest absolute Gasteiger partial charge is 0.269 e. The van der Waals surface area contributed by atoms with Crippen molar-refractivity contribution in [2.45, 2.75) is 10.6 Å². The zero-order valence-electron chi connectivity index (χ0n) is 12.3. The van der Waals surface area contributed by atoms with Gasteiger partial charge in [-0.25, -0.2) is 4.98 Å². The van der Waals surface area contributed by atoms with Crippen molar-refractivity contribution < 1.29 is 14.3 Å². The number of hydrogen-bond acceptors (Lipinski definition) is 5. The van der Waals surface area contributed by atoms with Crippen molar-refractivity contribution in [1.82, 2.24) is 9.97 Å². The quantitative estimate of drug-likeness (QED) is 0.413. The number of fused-ring (bicyclic) bond motifs is 1. The number of carbonyl (C=O) groups is 1. The van der Waals surface area contributed by atoms with Crippen molar-refractivity contribution in [3.8, 4) is 0 Å². The summed E-state index contributed by atoms with van der Waals surface area (Å²) in [6.45, 7) is 0. The highest BCUT2D eigenvalue weighted by Crippen LogP contribution is 2.21. The predicted octanol–water partition coefficient (Wildman–Crippen LogP) is 1.88. The Hall–Kier alpha value is -2.91. The number of nitro benzene ring substituents is 1. The lowest BCUT2D eigenvalue weighted by Crippen LogP contribution is -2.11. The van der Waals surface area contributed by atoms with Crippen molar-refractivity contribution in [3.05, 3.63) is 64.0 Å². The van der Waals surface area contributed by atoms with E-state index in [9.17, 15) is 19.5 Å². The van der Waals surface area contributed by atoms with Crippen LogP contribution in [-0.2, 0) is 16.9 Å². The standard InChI is InChI=1S/C15H12N4O4S/c16-15(20)11-2-1-3-12-14(11)18-13(17-12)8-24(23)10-6-4-9(5-7-10)19(21)22/h1-7H,8H2,(H2,16,20)(H,17,18). The number of nitrogens with zero attached hydrogens (tertiary/aromatic N) is 2. The number of nitrogens with two attached hydrogens (primary N) is 1. The minimum absolute atomic E-state index is 0.0643. The Balaban J connectivity index is 1.85. The van der Waals surface area contributed by atoms with Gasteiger partial charge < -0.3 is 15.3 Å². The molecule has 0 saturated carbocycles. The van der Waals surface area contributed by atoms with Crippen molar-refractivity contribution in [1.29, 1.82) is 0 Å². The third-order valence-corrected chi connectivity index (χ3v) is 4.74. The molecule has 1 amide bonds. The molecule has 0 saturated heterocycles. The van der Waals surface area contributed by atoms with Gasteiger partial charge in [0.2, 0.25) is 0 Å². The first-order valence-electron chi connectivity index (χ1n) is 6.86. The number of amides is 1. The maximum absolute atomic E-state index is 12.4. The topological polar surface area (TPSA) is 138 Å². The number of carbonyl (C=O) groups excluding carboxylic acids is 1. The molecule has 3 rings (SSSR count). The number of aromatic nitrogens is 2. The number of hydrogen-bond donors (Lipinski definition) is 2. The molecule has 1 atom stereocenters. The predicted molar refractivity (Wildman–Crippen MR) is 87.8 cm³/mol. The monoisotopic (exact) mass is 344 g/mol. The SMILES string of the molecule is NC(=O)c1cccc2[nH]c(C[S+]([O-])c3ccc([N+](=O)[O-])cc3)nc12. The molecule has 0 radical (unpaired) electrons. The number of primary amides is 1. The van der Waals surface area contributed by atoms with Crippen LogP contribution in [0.2, 0.25) is 0 Å². The van der Waals surface area contributed by atoms with Gasteiger partial charge in [-0.15, -0.1) is 0 Å². The van der Waals surface area contributed by atoms with E-state index in [4.69, 9.17) is 5.73 Å². The summed E-state index contributed by atoms with van der Waals surface area (Å²) in [5, 5.41) is 10.6. The van der Waals surface area contributed by atoms with E-state index in [1.54, 1.807) is 18.2 Å². The van der Waals surface area contributed by atoms with E-state index in [0.717, 1.165) is 0 Å². The van der Waals surface area contributed by atoms with Crippen molar-refractivity contribution in [2.24, 2.45) is 5.73 Å². The minimum atomic E-state index is -1.43. The average molecular weight is 344 g/mol. The molecular formula is C15H12N4O4S. The summed E-state index contributed by atoms with van der Waals surface area (Å²) in [7, 11) is 0. The lowest BCUT2D eigenvalue weighted by molar-refractivity contribution is -0.384. The zero-order valence-corrected chi connectivity index (χ0v) is 13.1. The Labute approximate surface area is 139 Å². The van der Waals surface area contributed by atoms with Crippen LogP contribution >= 0.6 is 0 Å². The zero-order chi connectivity index (χ0) is 17.3. The minimum Gasteiger partial charge on any atom is -0.611 e. The summed E-state index contributed by atoms with van der Waals surface area (Å²) >= 11 is -1.43. The Morgan fingerprint density at radius 1 is 1.25 bits per heavy atom. The lowest BCUT2D eigenvalue weighted by atomic mass is 10.2. The lowest BCUT2D eigenvalue weighted by Gasteiger charge is -2.08. The number of imidazole rings is 1. The van der Waals surface area contributed by atoms with Crippen LogP contribution in [0.15, 0.2) is 47.4 Å². The summed E-state index contributed by atoms with van der Waals surface area (Å²) in [6.07, 6.45) is 0. The molecule has 1 aromatic heterocycles. The Morgan fingerprint density at radius 2 is 1.96 bits per heavy atom. The summed E-state index contributed by atoms with van der Waals surface area (Å²) < 4.78 is 12.4. The maximum Gasteiger partial charge on any atom is 0.269 e. The van der Waals surface area contributed by atoms with Crippen LogP contribution in [-0.4, -0.2) is 25.4 Å². The molecule has 8 nitrogen and oxygen atoms in total. The fraction of sp³-hybridized carbons (Fsp3) is 0.0667. The van der Waals surface area contributed by atoms with Gasteiger partial charge in [-0.2, -0.15) is 0 Å². The summed E-state index contributed by atoms with van der Waals surface area (Å²) in [6, 6.07) is 10.5. The number of para-hydroxylation sites is 1. The van der Waals surface area contributed by atoms with Crippen LogP contribution in [0.25, 0.3) is 11.0 Å². The van der Waals surface area contributed by atoms with E-state index >= 15 is 0 Å². The third-order valence-electron chi connectivity index (χ3n) is 3.41. The van der Waals surface area contributed by atoms with E-state index in [0.29, 0.717) is 21.8 Å². The first-order valence-corrected chi connectivity index (χ1v) is 8.18. The van der Waals surface area contributed by atoms with Crippen LogP contribution in [0.1, 0.15) is 16.2 Å². The molecule has 2 aromatic carbocycles. The normalized spacial score (nSPS) is 12.2. The highest BCUT2D eigenvalue weighted by atomic mass is 32.2. The van der Waals surface area contributed by atoms with Crippen LogP contribution < -0.4 is 5.73 Å². The Kier molecular flexibility index (Phi) is 4.19. The van der Waals surface area contributed by atoms with Gasteiger partial charge in [-0.3, -0.25) is 14.9 Å². The number of non-ortho nitro benzene ring substituents is 1. The van der Waals surface area contributed by atoms with Gasteiger partial charge in [0.15, 0.2) is 16.5 Å². The first-order chi connectivity index (χ1) is 11.5. The van der Waals surface area contributed by atoms with Crippen LogP contribution in [0.4, 0.5) is 5.69 Å². The van der Waals surface area contributed by atoms with Crippen LogP contribution in [0.3, 0.4) is 0 Å². The van der Waals surface area contributed by atoms with E-state index in [-0.39, 0.29) is 17.0 Å².